The summed E-state index contributed by atoms with van der Waals surface area (Å²) in [5, 5.41) is 0.672. The zero-order valence-corrected chi connectivity index (χ0v) is 17.6. The average molecular weight is 430 g/mol. The van der Waals surface area contributed by atoms with E-state index in [1.807, 2.05) is 59.1 Å². The molecule has 1 aliphatic heterocycles. The number of hydrogen-bond acceptors (Lipinski definition) is 3. The number of rotatable bonds is 4. The quantitative estimate of drug-likeness (QED) is 0.454. The van der Waals surface area contributed by atoms with E-state index in [1.54, 1.807) is 10.8 Å². The summed E-state index contributed by atoms with van der Waals surface area (Å²) < 4.78 is 3.79. The minimum atomic E-state index is 0.00302. The number of fused-ring (bicyclic) bond motifs is 3. The van der Waals surface area contributed by atoms with Gasteiger partial charge in [-0.05, 0) is 23.3 Å². The van der Waals surface area contributed by atoms with Crippen LogP contribution in [0.25, 0.3) is 10.6 Å². The Morgan fingerprint density at radius 2 is 1.94 bits per heavy atom. The summed E-state index contributed by atoms with van der Waals surface area (Å²) in [6.45, 7) is 9.80. The van der Waals surface area contributed by atoms with Crippen molar-refractivity contribution >= 4 is 23.1 Å². The molecule has 0 saturated carbocycles. The SMILES string of the molecule is [C-]#[N+]c1cccc(CN2CCc3c(c(=O)n(Cc4ccc(Cl)cc4)c4nccn34)C2)c1. The Morgan fingerprint density at radius 1 is 1.10 bits per heavy atom. The largest absolute Gasteiger partial charge is 0.294 e. The number of imidazole rings is 1. The summed E-state index contributed by atoms with van der Waals surface area (Å²) in [5.41, 5.74) is 4.58. The molecule has 7 heteroatoms. The van der Waals surface area contributed by atoms with Crippen molar-refractivity contribution in [2.24, 2.45) is 0 Å². The molecule has 6 nitrogen and oxygen atoms in total. The monoisotopic (exact) mass is 429 g/mol. The number of halogens is 1. The van der Waals surface area contributed by atoms with E-state index in [9.17, 15) is 4.79 Å². The van der Waals surface area contributed by atoms with Crippen molar-refractivity contribution in [3.63, 3.8) is 0 Å². The van der Waals surface area contributed by atoms with E-state index < -0.39 is 0 Å². The molecule has 0 fully saturated rings. The van der Waals surface area contributed by atoms with Crippen molar-refractivity contribution in [1.82, 2.24) is 18.9 Å². The molecule has 0 aliphatic carbocycles. The van der Waals surface area contributed by atoms with Crippen LogP contribution in [-0.2, 0) is 26.1 Å². The van der Waals surface area contributed by atoms with Crippen molar-refractivity contribution in [2.45, 2.75) is 26.1 Å². The van der Waals surface area contributed by atoms with Crippen LogP contribution in [0.1, 0.15) is 22.4 Å². The van der Waals surface area contributed by atoms with E-state index in [-0.39, 0.29) is 5.56 Å². The van der Waals surface area contributed by atoms with Crippen LogP contribution in [0.15, 0.2) is 65.7 Å². The molecule has 0 atom stereocenters. The van der Waals surface area contributed by atoms with Crippen LogP contribution in [0.3, 0.4) is 0 Å². The summed E-state index contributed by atoms with van der Waals surface area (Å²) in [5.74, 6) is 0.664. The van der Waals surface area contributed by atoms with Gasteiger partial charge in [0, 0.05) is 49.2 Å². The molecule has 1 aliphatic rings. The topological polar surface area (TPSA) is 46.9 Å². The van der Waals surface area contributed by atoms with Crippen LogP contribution in [0.2, 0.25) is 5.02 Å². The molecule has 0 N–H and O–H groups in total. The summed E-state index contributed by atoms with van der Waals surface area (Å²) in [7, 11) is 0. The van der Waals surface area contributed by atoms with Crippen LogP contribution in [-0.4, -0.2) is 25.4 Å². The highest BCUT2D eigenvalue weighted by atomic mass is 35.5. The van der Waals surface area contributed by atoms with Crippen LogP contribution in [0.4, 0.5) is 5.69 Å². The lowest BCUT2D eigenvalue weighted by atomic mass is 10.1. The highest BCUT2D eigenvalue weighted by Crippen LogP contribution is 2.22. The number of benzene rings is 2. The van der Waals surface area contributed by atoms with Crippen LogP contribution >= 0.6 is 11.6 Å². The van der Waals surface area contributed by atoms with Gasteiger partial charge in [-0.3, -0.25) is 18.7 Å². The molecule has 0 unspecified atom stereocenters. The molecule has 5 rings (SSSR count). The first-order chi connectivity index (χ1) is 15.1. The summed E-state index contributed by atoms with van der Waals surface area (Å²) in [4.78, 5) is 23.8. The van der Waals surface area contributed by atoms with Crippen molar-refractivity contribution in [3.05, 3.63) is 110 Å². The molecule has 2 aromatic heterocycles. The zero-order valence-electron chi connectivity index (χ0n) is 16.8. The van der Waals surface area contributed by atoms with Gasteiger partial charge in [0.15, 0.2) is 5.69 Å². The molecule has 3 heterocycles. The number of aromatic nitrogens is 3. The molecule has 0 radical (unpaired) electrons. The molecule has 4 aromatic rings. The van der Waals surface area contributed by atoms with E-state index in [0.29, 0.717) is 36.1 Å². The van der Waals surface area contributed by atoms with Gasteiger partial charge in [0.2, 0.25) is 5.78 Å². The maximum absolute atomic E-state index is 13.5. The molecule has 2 aromatic carbocycles. The van der Waals surface area contributed by atoms with Gasteiger partial charge in [-0.25, -0.2) is 9.83 Å². The minimum Gasteiger partial charge on any atom is -0.294 e. The molecule has 0 saturated heterocycles. The standard InChI is InChI=1S/C24H20ClN5O/c1-26-20-4-2-3-18(13-20)14-28-11-9-22-21(16-28)23(31)30(24-27-10-12-29(22)24)15-17-5-7-19(25)8-6-17/h2-8,10,12-13H,9,11,14-16H2. The van der Waals surface area contributed by atoms with Gasteiger partial charge in [-0.15, -0.1) is 0 Å². The maximum Gasteiger partial charge on any atom is 0.259 e. The fraction of sp³-hybridized carbons (Fsp3) is 0.208. The molecule has 31 heavy (non-hydrogen) atoms. The highest BCUT2D eigenvalue weighted by Gasteiger charge is 2.24. The Balaban J connectivity index is 1.50. The van der Waals surface area contributed by atoms with Crippen LogP contribution in [0, 0.1) is 6.57 Å². The lowest BCUT2D eigenvalue weighted by Gasteiger charge is -2.29. The Labute approximate surface area is 184 Å². The fourth-order valence-electron chi connectivity index (χ4n) is 4.26. The Kier molecular flexibility index (Phi) is 5.06. The lowest BCUT2D eigenvalue weighted by Crippen LogP contribution is -2.38. The second-order valence-corrected chi connectivity index (χ2v) is 8.22. The smallest absolute Gasteiger partial charge is 0.259 e. The molecular formula is C24H20ClN5O. The van der Waals surface area contributed by atoms with E-state index in [0.717, 1.165) is 35.3 Å². The second-order valence-electron chi connectivity index (χ2n) is 7.78. The molecule has 154 valence electrons. The Bertz CT molecular complexity index is 1360. The van der Waals surface area contributed by atoms with E-state index >= 15 is 0 Å². The zero-order chi connectivity index (χ0) is 21.4. The predicted octanol–water partition coefficient (Wildman–Crippen LogP) is 4.31. The van der Waals surface area contributed by atoms with Gasteiger partial charge >= 0.3 is 0 Å². The average Bonchev–Trinajstić information content (AvgIpc) is 3.28. The molecule has 0 amide bonds. The molecule has 0 bridgehead atoms. The fourth-order valence-corrected chi connectivity index (χ4v) is 4.38. The third kappa shape index (κ3) is 3.74. The maximum atomic E-state index is 13.5. The van der Waals surface area contributed by atoms with Gasteiger partial charge in [0.1, 0.15) is 0 Å². The number of hydrogen-bond donors (Lipinski definition) is 0. The highest BCUT2D eigenvalue weighted by molar-refractivity contribution is 6.30. The van der Waals surface area contributed by atoms with Gasteiger partial charge < -0.3 is 0 Å². The minimum absolute atomic E-state index is 0.00302. The van der Waals surface area contributed by atoms with E-state index in [2.05, 4.69) is 14.7 Å². The molecule has 0 spiro atoms. The van der Waals surface area contributed by atoms with Gasteiger partial charge in [-0.2, -0.15) is 0 Å². The molecular weight excluding hydrogens is 410 g/mol. The number of nitrogens with zero attached hydrogens (tertiary/aromatic N) is 5. The predicted molar refractivity (Wildman–Crippen MR) is 121 cm³/mol. The Hall–Kier alpha value is -3.40. The second kappa shape index (κ2) is 8.03. The normalized spacial score (nSPS) is 13.8. The lowest BCUT2D eigenvalue weighted by molar-refractivity contribution is 0.240. The Morgan fingerprint density at radius 3 is 2.74 bits per heavy atom. The first-order valence-corrected chi connectivity index (χ1v) is 10.5. The van der Waals surface area contributed by atoms with Crippen molar-refractivity contribution in [1.29, 1.82) is 0 Å². The first-order valence-electron chi connectivity index (χ1n) is 10.1. The van der Waals surface area contributed by atoms with E-state index in [4.69, 9.17) is 18.2 Å². The van der Waals surface area contributed by atoms with E-state index in [1.165, 1.54) is 0 Å². The van der Waals surface area contributed by atoms with Crippen LogP contribution < -0.4 is 5.56 Å². The summed E-state index contributed by atoms with van der Waals surface area (Å²) in [6, 6.07) is 15.2. The third-order valence-electron chi connectivity index (χ3n) is 5.75. The van der Waals surface area contributed by atoms with Crippen molar-refractivity contribution < 1.29 is 0 Å². The summed E-state index contributed by atoms with van der Waals surface area (Å²) in [6.07, 6.45) is 4.46. The summed E-state index contributed by atoms with van der Waals surface area (Å²) >= 11 is 6.01. The van der Waals surface area contributed by atoms with Gasteiger partial charge in [0.05, 0.1) is 18.7 Å². The van der Waals surface area contributed by atoms with Gasteiger partial charge in [-0.1, -0.05) is 48.0 Å². The van der Waals surface area contributed by atoms with Crippen molar-refractivity contribution in [3.8, 4) is 0 Å². The van der Waals surface area contributed by atoms with Crippen LogP contribution in [0.5, 0.6) is 0 Å². The third-order valence-corrected chi connectivity index (χ3v) is 6.00. The van der Waals surface area contributed by atoms with Crippen molar-refractivity contribution in [2.75, 3.05) is 6.54 Å². The van der Waals surface area contributed by atoms with Gasteiger partial charge in [0.25, 0.3) is 5.56 Å². The first kappa shape index (κ1) is 19.6.